The molecular formula is C27H19ClFN5O2S. The van der Waals surface area contributed by atoms with E-state index in [0.29, 0.717) is 39.0 Å². The molecule has 37 heavy (non-hydrogen) atoms. The predicted molar refractivity (Wildman–Crippen MR) is 146 cm³/mol. The molecule has 2 heterocycles. The van der Waals surface area contributed by atoms with E-state index in [4.69, 9.17) is 28.2 Å². The van der Waals surface area contributed by atoms with Crippen LogP contribution in [0.4, 0.5) is 10.1 Å². The highest BCUT2D eigenvalue weighted by Crippen LogP contribution is 2.27. The van der Waals surface area contributed by atoms with Crippen molar-refractivity contribution in [3.8, 4) is 17.0 Å². The van der Waals surface area contributed by atoms with Gasteiger partial charge >= 0.3 is 0 Å². The van der Waals surface area contributed by atoms with Crippen molar-refractivity contribution in [2.75, 3.05) is 5.32 Å². The van der Waals surface area contributed by atoms with Crippen molar-refractivity contribution in [1.29, 1.82) is 0 Å². The number of benzene rings is 3. The van der Waals surface area contributed by atoms with Gasteiger partial charge in [-0.1, -0.05) is 23.7 Å². The molecule has 0 fully saturated rings. The molecule has 5 rings (SSSR count). The zero-order chi connectivity index (χ0) is 25.9. The van der Waals surface area contributed by atoms with Crippen LogP contribution < -0.4 is 10.6 Å². The second-order valence-corrected chi connectivity index (χ2v) is 8.93. The molecule has 0 spiro atoms. The van der Waals surface area contributed by atoms with Crippen LogP contribution in [-0.2, 0) is 4.79 Å². The molecule has 0 aliphatic rings. The Hall–Kier alpha value is -4.34. The molecule has 0 saturated heterocycles. The lowest BCUT2D eigenvalue weighted by molar-refractivity contribution is -0.115. The number of halogens is 2. The van der Waals surface area contributed by atoms with E-state index < -0.39 is 5.91 Å². The zero-order valence-corrected chi connectivity index (χ0v) is 21.0. The molecule has 0 aliphatic heterocycles. The van der Waals surface area contributed by atoms with Crippen molar-refractivity contribution >= 4 is 57.6 Å². The van der Waals surface area contributed by atoms with Crippen LogP contribution in [0.5, 0.6) is 0 Å². The Bertz CT molecular complexity index is 1660. The first-order valence-corrected chi connectivity index (χ1v) is 11.9. The monoisotopic (exact) mass is 531 g/mol. The van der Waals surface area contributed by atoms with Crippen molar-refractivity contribution in [2.24, 2.45) is 0 Å². The summed E-state index contributed by atoms with van der Waals surface area (Å²) in [5.41, 5.74) is 4.34. The van der Waals surface area contributed by atoms with Gasteiger partial charge in [0, 0.05) is 22.3 Å². The molecule has 7 nitrogen and oxygen atoms in total. The molecule has 0 atom stereocenters. The SMILES string of the molecule is Cc1ccc(-c2ccc(/C=C/C(=O)NC(=S)Nc3ccc4nn(-c5ccc(F)cc5)nc4c3)o2)cc1Cl. The van der Waals surface area contributed by atoms with Gasteiger partial charge in [0.25, 0.3) is 0 Å². The van der Waals surface area contributed by atoms with Gasteiger partial charge in [-0.05, 0) is 91.4 Å². The summed E-state index contributed by atoms with van der Waals surface area (Å²) in [5.74, 6) is 0.400. The highest BCUT2D eigenvalue weighted by molar-refractivity contribution is 7.80. The van der Waals surface area contributed by atoms with Crippen LogP contribution in [0.1, 0.15) is 11.3 Å². The number of carbonyl (C=O) groups excluding carboxylic acids is 1. The molecule has 3 aromatic carbocycles. The summed E-state index contributed by atoms with van der Waals surface area (Å²) < 4.78 is 19.0. The Labute approximate surface area is 221 Å². The van der Waals surface area contributed by atoms with Gasteiger partial charge in [0.2, 0.25) is 5.91 Å². The van der Waals surface area contributed by atoms with Gasteiger partial charge in [0.15, 0.2) is 5.11 Å². The predicted octanol–water partition coefficient (Wildman–Crippen LogP) is 6.31. The van der Waals surface area contributed by atoms with Crippen molar-refractivity contribution in [1.82, 2.24) is 20.3 Å². The Morgan fingerprint density at radius 1 is 1.03 bits per heavy atom. The van der Waals surface area contributed by atoms with Gasteiger partial charge in [-0.2, -0.15) is 4.80 Å². The number of anilines is 1. The van der Waals surface area contributed by atoms with Crippen LogP contribution in [0, 0.1) is 12.7 Å². The maximum Gasteiger partial charge on any atom is 0.250 e. The minimum Gasteiger partial charge on any atom is -0.457 e. The van der Waals surface area contributed by atoms with E-state index in [0.717, 1.165) is 11.1 Å². The van der Waals surface area contributed by atoms with Crippen molar-refractivity contribution in [2.45, 2.75) is 6.92 Å². The Balaban J connectivity index is 1.20. The number of carbonyl (C=O) groups is 1. The van der Waals surface area contributed by atoms with Gasteiger partial charge in [0.1, 0.15) is 28.4 Å². The number of amides is 1. The normalized spacial score (nSPS) is 11.2. The largest absolute Gasteiger partial charge is 0.457 e. The van der Waals surface area contributed by atoms with Crippen molar-refractivity contribution in [3.05, 3.63) is 101 Å². The van der Waals surface area contributed by atoms with Gasteiger partial charge in [-0.25, -0.2) is 4.39 Å². The minimum absolute atomic E-state index is 0.120. The number of hydrogen-bond donors (Lipinski definition) is 2. The lowest BCUT2D eigenvalue weighted by Crippen LogP contribution is -2.32. The van der Waals surface area contributed by atoms with Crippen molar-refractivity contribution in [3.63, 3.8) is 0 Å². The summed E-state index contributed by atoms with van der Waals surface area (Å²) in [6.07, 6.45) is 2.88. The van der Waals surface area contributed by atoms with Gasteiger partial charge < -0.3 is 9.73 Å². The second-order valence-electron chi connectivity index (χ2n) is 8.11. The number of rotatable bonds is 5. The van der Waals surface area contributed by atoms with E-state index in [1.54, 1.807) is 42.5 Å². The summed E-state index contributed by atoms with van der Waals surface area (Å²) in [7, 11) is 0. The van der Waals surface area contributed by atoms with Gasteiger partial charge in [0.05, 0.1) is 5.69 Å². The zero-order valence-electron chi connectivity index (χ0n) is 19.4. The minimum atomic E-state index is -0.419. The third-order valence-electron chi connectivity index (χ3n) is 5.41. The third-order valence-corrected chi connectivity index (χ3v) is 6.03. The number of nitrogens with one attached hydrogen (secondary N) is 2. The third kappa shape index (κ3) is 5.74. The van der Waals surface area contributed by atoms with Crippen LogP contribution in [-0.4, -0.2) is 26.0 Å². The first-order valence-electron chi connectivity index (χ1n) is 11.1. The van der Waals surface area contributed by atoms with Crippen LogP contribution >= 0.6 is 23.8 Å². The fraction of sp³-hybridized carbons (Fsp3) is 0.0370. The molecule has 0 unspecified atom stereocenters. The quantitative estimate of drug-likeness (QED) is 0.204. The topological polar surface area (TPSA) is 85.0 Å². The van der Waals surface area contributed by atoms with Gasteiger partial charge in [-0.3, -0.25) is 10.1 Å². The molecule has 0 aliphatic carbocycles. The lowest BCUT2D eigenvalue weighted by Gasteiger charge is -2.07. The molecule has 1 amide bonds. The van der Waals surface area contributed by atoms with Crippen LogP contribution in [0.25, 0.3) is 34.1 Å². The number of furan rings is 1. The molecule has 0 bridgehead atoms. The Kier molecular flexibility index (Phi) is 6.80. The summed E-state index contributed by atoms with van der Waals surface area (Å²) in [5, 5.41) is 15.1. The fourth-order valence-corrected chi connectivity index (χ4v) is 3.90. The highest BCUT2D eigenvalue weighted by atomic mass is 35.5. The molecule has 10 heteroatoms. The number of nitrogens with zero attached hydrogens (tertiary/aromatic N) is 3. The highest BCUT2D eigenvalue weighted by Gasteiger charge is 2.09. The first-order chi connectivity index (χ1) is 17.8. The first kappa shape index (κ1) is 24.4. The summed E-state index contributed by atoms with van der Waals surface area (Å²) in [6.45, 7) is 1.93. The molecule has 184 valence electrons. The van der Waals surface area contributed by atoms with E-state index in [-0.39, 0.29) is 10.9 Å². The molecule has 2 N–H and O–H groups in total. The molecule has 5 aromatic rings. The molecule has 0 radical (unpaired) electrons. The molecule has 0 saturated carbocycles. The number of fused-ring (bicyclic) bond motifs is 1. The Morgan fingerprint density at radius 2 is 1.81 bits per heavy atom. The molecular weight excluding hydrogens is 513 g/mol. The summed E-state index contributed by atoms with van der Waals surface area (Å²) in [4.78, 5) is 13.8. The maximum atomic E-state index is 13.2. The number of thiocarbonyl (C=S) groups is 1. The number of hydrogen-bond acceptors (Lipinski definition) is 5. The Morgan fingerprint density at radius 3 is 2.59 bits per heavy atom. The lowest BCUT2D eigenvalue weighted by atomic mass is 10.1. The van der Waals surface area contributed by atoms with E-state index >= 15 is 0 Å². The average molecular weight is 532 g/mol. The van der Waals surface area contributed by atoms with Crippen molar-refractivity contribution < 1.29 is 13.6 Å². The number of aromatic nitrogens is 3. The van der Waals surface area contributed by atoms with E-state index in [2.05, 4.69) is 20.8 Å². The standard InChI is InChI=1S/C27H19ClFN5O2S/c1-16-2-3-17(14-22(16)28)25-12-9-21(36-25)10-13-26(35)31-27(37)30-19-6-11-23-24(15-19)33-34(32-23)20-7-4-18(29)5-8-20/h2-15H,1H3,(H2,30,31,35,37)/b13-10+. The van der Waals surface area contributed by atoms with E-state index in [1.165, 1.54) is 23.0 Å². The smallest absolute Gasteiger partial charge is 0.250 e. The summed E-state index contributed by atoms with van der Waals surface area (Å²) >= 11 is 11.5. The average Bonchev–Trinajstić information content (AvgIpc) is 3.52. The van der Waals surface area contributed by atoms with E-state index in [9.17, 15) is 9.18 Å². The van der Waals surface area contributed by atoms with Crippen LogP contribution in [0.2, 0.25) is 5.02 Å². The maximum absolute atomic E-state index is 13.2. The second kappa shape index (κ2) is 10.3. The van der Waals surface area contributed by atoms with E-state index in [1.807, 2.05) is 31.2 Å². The summed E-state index contributed by atoms with van der Waals surface area (Å²) in [6, 6.07) is 20.4. The molecule has 2 aromatic heterocycles. The number of aryl methyl sites for hydroxylation is 1. The fourth-order valence-electron chi connectivity index (χ4n) is 3.50. The van der Waals surface area contributed by atoms with Crippen LogP contribution in [0.15, 0.2) is 83.3 Å². The van der Waals surface area contributed by atoms with Crippen LogP contribution in [0.3, 0.4) is 0 Å². The van der Waals surface area contributed by atoms with Gasteiger partial charge in [-0.15, -0.1) is 10.2 Å².